The fourth-order valence-electron chi connectivity index (χ4n) is 2.82. The van der Waals surface area contributed by atoms with Gasteiger partial charge in [-0.2, -0.15) is 0 Å². The molecule has 0 spiro atoms. The largest absolute Gasteiger partial charge is 0.336 e. The number of carbonyl (C=O) groups is 1. The molecule has 0 saturated heterocycles. The quantitative estimate of drug-likeness (QED) is 0.746. The molecule has 0 aliphatic carbocycles. The maximum atomic E-state index is 11.8. The van der Waals surface area contributed by atoms with Gasteiger partial charge in [-0.05, 0) is 32.9 Å². The first-order valence-corrected chi connectivity index (χ1v) is 8.61. The van der Waals surface area contributed by atoms with Crippen LogP contribution in [0.1, 0.15) is 19.4 Å². The third kappa shape index (κ3) is 3.99. The van der Waals surface area contributed by atoms with Crippen molar-refractivity contribution in [1.82, 2.24) is 20.2 Å². The molecule has 5 nitrogen and oxygen atoms in total. The fourth-order valence-corrected chi connectivity index (χ4v) is 2.82. The van der Waals surface area contributed by atoms with Crippen LogP contribution in [0.15, 0.2) is 48.5 Å². The normalized spacial score (nSPS) is 11.0. The summed E-state index contributed by atoms with van der Waals surface area (Å²) in [6, 6.07) is 16.4. The van der Waals surface area contributed by atoms with E-state index < -0.39 is 0 Å². The number of hydrogen-bond donors (Lipinski definition) is 2. The third-order valence-corrected chi connectivity index (χ3v) is 4.01. The summed E-state index contributed by atoms with van der Waals surface area (Å²) >= 11 is 0. The molecule has 0 aliphatic heterocycles. The highest BCUT2D eigenvalue weighted by atomic mass is 16.2. The topological polar surface area (TPSA) is 59.0 Å². The molecule has 0 fully saturated rings. The van der Waals surface area contributed by atoms with E-state index in [2.05, 4.69) is 52.5 Å². The molecule has 25 heavy (non-hydrogen) atoms. The van der Waals surface area contributed by atoms with Gasteiger partial charge in [-0.3, -0.25) is 0 Å². The zero-order chi connectivity index (χ0) is 17.8. The number of benzene rings is 2. The number of nitrogens with one attached hydrogen (secondary N) is 2. The highest BCUT2D eigenvalue weighted by molar-refractivity contribution is 5.80. The van der Waals surface area contributed by atoms with Crippen molar-refractivity contribution in [3.8, 4) is 11.4 Å². The molecule has 5 heteroatoms. The second kappa shape index (κ2) is 7.38. The van der Waals surface area contributed by atoms with Gasteiger partial charge in [0, 0.05) is 24.7 Å². The lowest BCUT2D eigenvalue weighted by Gasteiger charge is -2.12. The highest BCUT2D eigenvalue weighted by Gasteiger charge is 2.12. The van der Waals surface area contributed by atoms with Gasteiger partial charge in [0.05, 0.1) is 11.0 Å². The number of hydrogen-bond acceptors (Lipinski definition) is 2. The van der Waals surface area contributed by atoms with Crippen LogP contribution in [0.25, 0.3) is 22.4 Å². The molecule has 0 saturated carbocycles. The number of nitrogens with zero attached hydrogens (tertiary/aromatic N) is 2. The van der Waals surface area contributed by atoms with Gasteiger partial charge in [0.2, 0.25) is 0 Å². The number of para-hydroxylation sites is 2. The van der Waals surface area contributed by atoms with Crippen molar-refractivity contribution in [2.24, 2.45) is 0 Å². The number of aromatic nitrogens is 2. The van der Waals surface area contributed by atoms with Crippen molar-refractivity contribution < 1.29 is 4.79 Å². The summed E-state index contributed by atoms with van der Waals surface area (Å²) in [6.07, 6.45) is 0. The van der Waals surface area contributed by atoms with E-state index in [0.717, 1.165) is 22.4 Å². The average Bonchev–Trinajstić information content (AvgIpc) is 2.94. The Balaban J connectivity index is 1.86. The van der Waals surface area contributed by atoms with E-state index in [9.17, 15) is 4.79 Å². The summed E-state index contributed by atoms with van der Waals surface area (Å²) in [5.41, 5.74) is 4.33. The van der Waals surface area contributed by atoms with Gasteiger partial charge in [-0.15, -0.1) is 0 Å². The van der Waals surface area contributed by atoms with Gasteiger partial charge in [0.1, 0.15) is 5.82 Å². The lowest BCUT2D eigenvalue weighted by molar-refractivity contribution is 0.238. The molecule has 0 bridgehead atoms. The number of aryl methyl sites for hydroxylation is 1. The van der Waals surface area contributed by atoms with Gasteiger partial charge >= 0.3 is 6.03 Å². The first-order valence-electron chi connectivity index (χ1n) is 8.61. The van der Waals surface area contributed by atoms with Crippen molar-refractivity contribution in [1.29, 1.82) is 0 Å². The van der Waals surface area contributed by atoms with Crippen LogP contribution in [0.3, 0.4) is 0 Å². The minimum Gasteiger partial charge on any atom is -0.336 e. The van der Waals surface area contributed by atoms with Gasteiger partial charge in [-0.25, -0.2) is 9.78 Å². The first-order chi connectivity index (χ1) is 12.0. The number of rotatable bonds is 5. The molecule has 2 amide bonds. The fraction of sp³-hybridized carbons (Fsp3) is 0.300. The van der Waals surface area contributed by atoms with E-state index >= 15 is 0 Å². The second-order valence-corrected chi connectivity index (χ2v) is 6.50. The zero-order valence-corrected chi connectivity index (χ0v) is 14.9. The van der Waals surface area contributed by atoms with E-state index in [0.29, 0.717) is 13.1 Å². The number of amides is 2. The van der Waals surface area contributed by atoms with Crippen LogP contribution in [-0.2, 0) is 6.54 Å². The molecule has 1 heterocycles. The Bertz CT molecular complexity index is 865. The lowest BCUT2D eigenvalue weighted by Crippen LogP contribution is -2.40. The minimum atomic E-state index is -0.142. The standard InChI is InChI=1S/C20H24N4O/c1-14(2)22-20(25)21-12-13-24-18-7-5-4-6-17(18)23-19(24)16-10-8-15(3)9-11-16/h4-11,14H,12-13H2,1-3H3,(H2,21,22,25). The van der Waals surface area contributed by atoms with Crippen LogP contribution in [0.4, 0.5) is 4.79 Å². The highest BCUT2D eigenvalue weighted by Crippen LogP contribution is 2.24. The number of urea groups is 1. The summed E-state index contributed by atoms with van der Waals surface area (Å²) in [6.45, 7) is 7.16. The molecule has 0 radical (unpaired) electrons. The number of fused-ring (bicyclic) bond motifs is 1. The maximum absolute atomic E-state index is 11.8. The van der Waals surface area contributed by atoms with Crippen LogP contribution in [0.5, 0.6) is 0 Å². The number of imidazole rings is 1. The Kier molecular flexibility index (Phi) is 5.03. The van der Waals surface area contributed by atoms with Gasteiger partial charge in [-0.1, -0.05) is 42.0 Å². The molecule has 2 N–H and O–H groups in total. The van der Waals surface area contributed by atoms with Crippen LogP contribution in [0.2, 0.25) is 0 Å². The predicted octanol–water partition coefficient (Wildman–Crippen LogP) is 3.72. The Labute approximate surface area is 148 Å². The van der Waals surface area contributed by atoms with Crippen LogP contribution in [-0.4, -0.2) is 28.2 Å². The zero-order valence-electron chi connectivity index (χ0n) is 14.9. The second-order valence-electron chi connectivity index (χ2n) is 6.50. The van der Waals surface area contributed by atoms with Gasteiger partial charge in [0.25, 0.3) is 0 Å². The molecule has 2 aromatic carbocycles. The third-order valence-electron chi connectivity index (χ3n) is 4.01. The van der Waals surface area contributed by atoms with Crippen molar-refractivity contribution in [2.75, 3.05) is 6.54 Å². The van der Waals surface area contributed by atoms with Crippen molar-refractivity contribution in [3.05, 3.63) is 54.1 Å². The average molecular weight is 336 g/mol. The molecule has 1 aromatic heterocycles. The smallest absolute Gasteiger partial charge is 0.315 e. The van der Waals surface area contributed by atoms with Crippen LogP contribution < -0.4 is 10.6 Å². The number of carbonyl (C=O) groups excluding carboxylic acids is 1. The Morgan fingerprint density at radius 2 is 1.84 bits per heavy atom. The molecular weight excluding hydrogens is 312 g/mol. The summed E-state index contributed by atoms with van der Waals surface area (Å²) in [5.74, 6) is 0.923. The molecule has 3 aromatic rings. The maximum Gasteiger partial charge on any atom is 0.315 e. The monoisotopic (exact) mass is 336 g/mol. The van der Waals surface area contributed by atoms with E-state index in [-0.39, 0.29) is 12.1 Å². The first kappa shape index (κ1) is 17.0. The summed E-state index contributed by atoms with van der Waals surface area (Å²) in [5, 5.41) is 5.74. The van der Waals surface area contributed by atoms with Crippen LogP contribution >= 0.6 is 0 Å². The molecule has 3 rings (SSSR count). The van der Waals surface area contributed by atoms with E-state index in [1.807, 2.05) is 32.0 Å². The predicted molar refractivity (Wildman–Crippen MR) is 102 cm³/mol. The molecule has 0 atom stereocenters. The van der Waals surface area contributed by atoms with E-state index in [4.69, 9.17) is 4.98 Å². The van der Waals surface area contributed by atoms with E-state index in [1.165, 1.54) is 5.56 Å². The van der Waals surface area contributed by atoms with Crippen LogP contribution in [0, 0.1) is 6.92 Å². The molecular formula is C20H24N4O. The summed E-state index contributed by atoms with van der Waals surface area (Å²) in [7, 11) is 0. The van der Waals surface area contributed by atoms with Crippen molar-refractivity contribution in [2.45, 2.75) is 33.4 Å². The summed E-state index contributed by atoms with van der Waals surface area (Å²) < 4.78 is 2.16. The van der Waals surface area contributed by atoms with Crippen molar-refractivity contribution >= 4 is 17.1 Å². The SMILES string of the molecule is Cc1ccc(-c2nc3ccccc3n2CCNC(=O)NC(C)C)cc1. The Hall–Kier alpha value is -2.82. The van der Waals surface area contributed by atoms with Gasteiger partial charge in [0.15, 0.2) is 0 Å². The Morgan fingerprint density at radius 1 is 1.12 bits per heavy atom. The Morgan fingerprint density at radius 3 is 2.56 bits per heavy atom. The molecule has 0 unspecified atom stereocenters. The van der Waals surface area contributed by atoms with Crippen molar-refractivity contribution in [3.63, 3.8) is 0 Å². The lowest BCUT2D eigenvalue weighted by atomic mass is 10.1. The minimum absolute atomic E-state index is 0.122. The van der Waals surface area contributed by atoms with Gasteiger partial charge < -0.3 is 15.2 Å². The van der Waals surface area contributed by atoms with E-state index in [1.54, 1.807) is 0 Å². The summed E-state index contributed by atoms with van der Waals surface area (Å²) in [4.78, 5) is 16.6. The molecule has 0 aliphatic rings. The molecule has 130 valence electrons.